The number of hydrogen-bond donors (Lipinski definition) is 0. The summed E-state index contributed by atoms with van der Waals surface area (Å²) < 4.78 is 5.62. The molecule has 1 amide bonds. The molecule has 3 aliphatic rings. The molecule has 0 aromatic carbocycles. The monoisotopic (exact) mass is 265 g/mol. The lowest BCUT2D eigenvalue weighted by molar-refractivity contribution is -0.133. The maximum absolute atomic E-state index is 12.4. The Morgan fingerprint density at radius 2 is 1.89 bits per heavy atom. The summed E-state index contributed by atoms with van der Waals surface area (Å²) >= 11 is 0. The zero-order chi connectivity index (χ0) is 13.1. The van der Waals surface area contributed by atoms with Gasteiger partial charge in [-0.15, -0.1) is 0 Å². The number of amides is 1. The second-order valence-electron chi connectivity index (χ2n) is 6.51. The van der Waals surface area contributed by atoms with E-state index in [0.717, 1.165) is 31.9 Å². The van der Waals surface area contributed by atoms with Gasteiger partial charge >= 0.3 is 0 Å². The van der Waals surface area contributed by atoms with Gasteiger partial charge in [0.1, 0.15) is 0 Å². The lowest BCUT2D eigenvalue weighted by Gasteiger charge is -2.29. The van der Waals surface area contributed by atoms with Crippen molar-refractivity contribution in [2.24, 2.45) is 5.92 Å². The summed E-state index contributed by atoms with van der Waals surface area (Å²) in [5.74, 6) is 1.19. The Morgan fingerprint density at radius 3 is 2.63 bits per heavy atom. The van der Waals surface area contributed by atoms with Crippen LogP contribution in [0.25, 0.3) is 0 Å². The van der Waals surface area contributed by atoms with Crippen LogP contribution in [0.5, 0.6) is 0 Å². The van der Waals surface area contributed by atoms with E-state index in [1.165, 1.54) is 44.9 Å². The highest BCUT2D eigenvalue weighted by Crippen LogP contribution is 2.35. The second kappa shape index (κ2) is 6.25. The fourth-order valence-corrected chi connectivity index (χ4v) is 4.23. The number of rotatable bonds is 4. The average Bonchev–Trinajstić information content (AvgIpc) is 3.14. The maximum atomic E-state index is 12.4. The lowest BCUT2D eigenvalue weighted by Crippen LogP contribution is -2.39. The van der Waals surface area contributed by atoms with Crippen LogP contribution >= 0.6 is 0 Å². The van der Waals surface area contributed by atoms with E-state index in [4.69, 9.17) is 4.74 Å². The van der Waals surface area contributed by atoms with Gasteiger partial charge in [0.05, 0.1) is 6.10 Å². The van der Waals surface area contributed by atoms with Gasteiger partial charge in [0.2, 0.25) is 5.91 Å². The van der Waals surface area contributed by atoms with Gasteiger partial charge in [-0.25, -0.2) is 0 Å². The molecule has 1 aliphatic carbocycles. The topological polar surface area (TPSA) is 29.5 Å². The standard InChI is InChI=1S/C16H27NO2/c18-16(10-9-14-7-4-12-19-14)17-11-3-8-15(17)13-5-1-2-6-13/h13-15H,1-12H2/t14-,15+/m1/s1. The molecule has 19 heavy (non-hydrogen) atoms. The normalized spacial score (nSPS) is 32.3. The van der Waals surface area contributed by atoms with E-state index in [1.54, 1.807) is 0 Å². The molecule has 0 spiro atoms. The van der Waals surface area contributed by atoms with E-state index in [1.807, 2.05) is 0 Å². The molecular weight excluding hydrogens is 238 g/mol. The molecule has 0 aromatic heterocycles. The quantitative estimate of drug-likeness (QED) is 0.781. The van der Waals surface area contributed by atoms with Gasteiger partial charge in [-0.1, -0.05) is 12.8 Å². The van der Waals surface area contributed by atoms with Crippen LogP contribution in [0.4, 0.5) is 0 Å². The van der Waals surface area contributed by atoms with Crippen LogP contribution < -0.4 is 0 Å². The summed E-state index contributed by atoms with van der Waals surface area (Å²) in [5, 5.41) is 0. The number of hydrogen-bond acceptors (Lipinski definition) is 2. The molecule has 0 N–H and O–H groups in total. The molecule has 108 valence electrons. The SMILES string of the molecule is O=C(CC[C@H]1CCCO1)N1CCC[C@H]1C1CCCC1. The highest BCUT2D eigenvalue weighted by molar-refractivity contribution is 5.76. The van der Waals surface area contributed by atoms with Crippen LogP contribution in [-0.4, -0.2) is 36.1 Å². The summed E-state index contributed by atoms with van der Waals surface area (Å²) in [6.07, 6.45) is 12.2. The number of carbonyl (C=O) groups is 1. The van der Waals surface area contributed by atoms with Crippen molar-refractivity contribution < 1.29 is 9.53 Å². The van der Waals surface area contributed by atoms with Crippen molar-refractivity contribution >= 4 is 5.91 Å². The van der Waals surface area contributed by atoms with E-state index < -0.39 is 0 Å². The van der Waals surface area contributed by atoms with Crippen LogP contribution in [0.2, 0.25) is 0 Å². The van der Waals surface area contributed by atoms with Crippen molar-refractivity contribution in [3.8, 4) is 0 Å². The number of likely N-dealkylation sites (tertiary alicyclic amines) is 1. The van der Waals surface area contributed by atoms with E-state index in [9.17, 15) is 4.79 Å². The average molecular weight is 265 g/mol. The largest absolute Gasteiger partial charge is 0.378 e. The molecular formula is C16H27NO2. The fraction of sp³-hybridized carbons (Fsp3) is 0.938. The number of carbonyl (C=O) groups excluding carboxylic acids is 1. The van der Waals surface area contributed by atoms with Crippen LogP contribution in [0.1, 0.15) is 64.2 Å². The van der Waals surface area contributed by atoms with Crippen molar-refractivity contribution in [3.05, 3.63) is 0 Å². The van der Waals surface area contributed by atoms with E-state index >= 15 is 0 Å². The van der Waals surface area contributed by atoms with E-state index in [-0.39, 0.29) is 0 Å². The third kappa shape index (κ3) is 3.13. The van der Waals surface area contributed by atoms with Crippen LogP contribution in [0.3, 0.4) is 0 Å². The van der Waals surface area contributed by atoms with Gasteiger partial charge in [0, 0.05) is 25.6 Å². The van der Waals surface area contributed by atoms with Gasteiger partial charge < -0.3 is 9.64 Å². The molecule has 2 atom stereocenters. The molecule has 1 saturated carbocycles. The van der Waals surface area contributed by atoms with Gasteiger partial charge in [-0.3, -0.25) is 4.79 Å². The lowest BCUT2D eigenvalue weighted by atomic mass is 9.95. The minimum atomic E-state index is 0.358. The Hall–Kier alpha value is -0.570. The first-order valence-corrected chi connectivity index (χ1v) is 8.25. The molecule has 3 heteroatoms. The van der Waals surface area contributed by atoms with Crippen molar-refractivity contribution in [1.29, 1.82) is 0 Å². The molecule has 3 rings (SSSR count). The van der Waals surface area contributed by atoms with Crippen LogP contribution in [0.15, 0.2) is 0 Å². The Morgan fingerprint density at radius 1 is 1.05 bits per heavy atom. The Bertz CT molecular complexity index is 306. The molecule has 0 unspecified atom stereocenters. The van der Waals surface area contributed by atoms with Crippen LogP contribution in [-0.2, 0) is 9.53 Å². The van der Waals surface area contributed by atoms with Crippen LogP contribution in [0, 0.1) is 5.92 Å². The summed E-state index contributed by atoms with van der Waals surface area (Å²) in [7, 11) is 0. The van der Waals surface area contributed by atoms with Gasteiger partial charge in [0.25, 0.3) is 0 Å². The Kier molecular flexibility index (Phi) is 4.42. The maximum Gasteiger partial charge on any atom is 0.222 e. The zero-order valence-corrected chi connectivity index (χ0v) is 12.0. The minimum Gasteiger partial charge on any atom is -0.378 e. The van der Waals surface area contributed by atoms with Crippen molar-refractivity contribution in [2.75, 3.05) is 13.2 Å². The van der Waals surface area contributed by atoms with Gasteiger partial charge in [-0.2, -0.15) is 0 Å². The first-order valence-electron chi connectivity index (χ1n) is 8.25. The first kappa shape index (κ1) is 13.4. The molecule has 2 aliphatic heterocycles. The predicted molar refractivity (Wildman–Crippen MR) is 74.9 cm³/mol. The molecule has 3 nitrogen and oxygen atoms in total. The smallest absolute Gasteiger partial charge is 0.222 e. The molecule has 0 radical (unpaired) electrons. The fourth-order valence-electron chi connectivity index (χ4n) is 4.23. The minimum absolute atomic E-state index is 0.358. The molecule has 2 heterocycles. The van der Waals surface area contributed by atoms with Crippen molar-refractivity contribution in [2.45, 2.75) is 76.4 Å². The zero-order valence-electron chi connectivity index (χ0n) is 12.0. The highest BCUT2D eigenvalue weighted by atomic mass is 16.5. The second-order valence-corrected chi connectivity index (χ2v) is 6.51. The summed E-state index contributed by atoms with van der Waals surface area (Å²) in [6.45, 7) is 1.90. The third-order valence-corrected chi connectivity index (χ3v) is 5.27. The summed E-state index contributed by atoms with van der Waals surface area (Å²) in [5.41, 5.74) is 0. The molecule has 0 bridgehead atoms. The number of nitrogens with zero attached hydrogens (tertiary/aromatic N) is 1. The van der Waals surface area contributed by atoms with Gasteiger partial charge in [-0.05, 0) is 50.9 Å². The third-order valence-electron chi connectivity index (χ3n) is 5.27. The highest BCUT2D eigenvalue weighted by Gasteiger charge is 2.35. The molecule has 0 aromatic rings. The van der Waals surface area contributed by atoms with E-state index in [2.05, 4.69) is 4.90 Å². The van der Waals surface area contributed by atoms with E-state index in [0.29, 0.717) is 24.5 Å². The van der Waals surface area contributed by atoms with Crippen molar-refractivity contribution in [1.82, 2.24) is 4.90 Å². The predicted octanol–water partition coefficient (Wildman–Crippen LogP) is 3.13. The Labute approximate surface area is 116 Å². The first-order chi connectivity index (χ1) is 9.34. The van der Waals surface area contributed by atoms with Gasteiger partial charge in [0.15, 0.2) is 0 Å². The molecule has 2 saturated heterocycles. The summed E-state index contributed by atoms with van der Waals surface area (Å²) in [6, 6.07) is 0.569. The molecule has 3 fully saturated rings. The summed E-state index contributed by atoms with van der Waals surface area (Å²) in [4.78, 5) is 14.7. The van der Waals surface area contributed by atoms with Crippen molar-refractivity contribution in [3.63, 3.8) is 0 Å². The Balaban J connectivity index is 1.49. The number of ether oxygens (including phenoxy) is 1.